The van der Waals surface area contributed by atoms with Crippen LogP contribution in [0.4, 0.5) is 4.39 Å². The van der Waals surface area contributed by atoms with E-state index in [1.54, 1.807) is 25.1 Å². The van der Waals surface area contributed by atoms with Gasteiger partial charge in [-0.05, 0) is 37.1 Å². The van der Waals surface area contributed by atoms with Gasteiger partial charge in [0, 0.05) is 12.2 Å². The molecule has 0 aliphatic heterocycles. The summed E-state index contributed by atoms with van der Waals surface area (Å²) in [6, 6.07) is 6.44. The molecule has 0 spiro atoms. The van der Waals surface area contributed by atoms with Crippen LogP contribution in [0, 0.1) is 19.7 Å². The monoisotopic (exact) mass is 247 g/mol. The molecule has 0 radical (unpaired) electrons. The maximum absolute atomic E-state index is 13.1. The maximum atomic E-state index is 13.1. The number of nitrogens with one attached hydrogen (secondary N) is 2. The van der Waals surface area contributed by atoms with Crippen molar-refractivity contribution >= 4 is 5.91 Å². The average Bonchev–Trinajstić information content (AvgIpc) is 2.77. The van der Waals surface area contributed by atoms with Crippen molar-refractivity contribution in [1.29, 1.82) is 0 Å². The summed E-state index contributed by atoms with van der Waals surface area (Å²) in [5.74, 6) is -0.491. The molecule has 1 amide bonds. The number of aryl methyl sites for hydroxylation is 2. The highest BCUT2D eigenvalue weighted by Crippen LogP contribution is 2.09. The Bertz CT molecular complexity index is 577. The number of benzene rings is 1. The van der Waals surface area contributed by atoms with E-state index in [-0.39, 0.29) is 11.7 Å². The molecule has 18 heavy (non-hydrogen) atoms. The topological polar surface area (TPSA) is 57.8 Å². The van der Waals surface area contributed by atoms with E-state index in [0.717, 1.165) is 11.3 Å². The smallest absolute Gasteiger partial charge is 0.272 e. The number of nitrogens with zero attached hydrogens (tertiary/aromatic N) is 1. The standard InChI is InChI=1S/C13H14FN3O/c1-8-5-10(3-4-11(8)14)7-15-13(18)12-6-9(2)16-17-12/h3-6H,7H2,1-2H3,(H,15,18)(H,16,17). The van der Waals surface area contributed by atoms with Gasteiger partial charge in [-0.25, -0.2) is 4.39 Å². The summed E-state index contributed by atoms with van der Waals surface area (Å²) in [4.78, 5) is 11.7. The Morgan fingerprint density at radius 1 is 1.39 bits per heavy atom. The number of halogens is 1. The molecule has 0 aliphatic carbocycles. The number of H-pyrrole nitrogens is 1. The Morgan fingerprint density at radius 2 is 2.17 bits per heavy atom. The Balaban J connectivity index is 1.99. The Morgan fingerprint density at radius 3 is 2.78 bits per heavy atom. The second kappa shape index (κ2) is 5.00. The van der Waals surface area contributed by atoms with Crippen LogP contribution in [0.1, 0.15) is 27.3 Å². The van der Waals surface area contributed by atoms with Crippen molar-refractivity contribution in [3.8, 4) is 0 Å². The number of aromatic nitrogens is 2. The molecule has 2 aromatic rings. The van der Waals surface area contributed by atoms with E-state index in [1.165, 1.54) is 6.07 Å². The first-order valence-electron chi connectivity index (χ1n) is 5.61. The van der Waals surface area contributed by atoms with E-state index in [4.69, 9.17) is 0 Å². The van der Waals surface area contributed by atoms with Gasteiger partial charge in [0.05, 0.1) is 0 Å². The third kappa shape index (κ3) is 2.74. The van der Waals surface area contributed by atoms with Crippen LogP contribution in [-0.2, 0) is 6.54 Å². The van der Waals surface area contributed by atoms with Crippen LogP contribution >= 0.6 is 0 Å². The molecule has 1 heterocycles. The van der Waals surface area contributed by atoms with Crippen LogP contribution in [-0.4, -0.2) is 16.1 Å². The van der Waals surface area contributed by atoms with Gasteiger partial charge in [-0.2, -0.15) is 5.10 Å². The molecule has 0 bridgehead atoms. The molecule has 0 fully saturated rings. The number of carbonyl (C=O) groups is 1. The van der Waals surface area contributed by atoms with E-state index in [2.05, 4.69) is 15.5 Å². The number of carbonyl (C=O) groups excluding carboxylic acids is 1. The lowest BCUT2D eigenvalue weighted by molar-refractivity contribution is 0.0946. The summed E-state index contributed by atoms with van der Waals surface area (Å²) in [5.41, 5.74) is 2.61. The van der Waals surface area contributed by atoms with Gasteiger partial charge in [0.2, 0.25) is 0 Å². The largest absolute Gasteiger partial charge is 0.347 e. The molecule has 1 aromatic carbocycles. The third-order valence-corrected chi connectivity index (χ3v) is 2.61. The minimum absolute atomic E-state index is 0.243. The lowest BCUT2D eigenvalue weighted by atomic mass is 10.1. The van der Waals surface area contributed by atoms with Crippen molar-refractivity contribution in [2.75, 3.05) is 0 Å². The van der Waals surface area contributed by atoms with Crippen LogP contribution < -0.4 is 5.32 Å². The van der Waals surface area contributed by atoms with Crippen molar-refractivity contribution < 1.29 is 9.18 Å². The van der Waals surface area contributed by atoms with Crippen molar-refractivity contribution in [3.05, 3.63) is 52.6 Å². The number of hydrogen-bond acceptors (Lipinski definition) is 2. The van der Waals surface area contributed by atoms with E-state index in [0.29, 0.717) is 17.8 Å². The fraction of sp³-hybridized carbons (Fsp3) is 0.231. The summed E-state index contributed by atoms with van der Waals surface area (Å²) in [7, 11) is 0. The van der Waals surface area contributed by atoms with Gasteiger partial charge in [0.1, 0.15) is 11.5 Å². The van der Waals surface area contributed by atoms with Crippen LogP contribution in [0.25, 0.3) is 0 Å². The summed E-state index contributed by atoms with van der Waals surface area (Å²) >= 11 is 0. The first-order valence-corrected chi connectivity index (χ1v) is 5.61. The number of hydrogen-bond donors (Lipinski definition) is 2. The highest BCUT2D eigenvalue weighted by molar-refractivity contribution is 5.92. The predicted octanol–water partition coefficient (Wildman–Crippen LogP) is 2.10. The van der Waals surface area contributed by atoms with E-state index in [1.807, 2.05) is 6.92 Å². The summed E-state index contributed by atoms with van der Waals surface area (Å²) < 4.78 is 13.1. The summed E-state index contributed by atoms with van der Waals surface area (Å²) in [5, 5.41) is 9.30. The first kappa shape index (κ1) is 12.3. The van der Waals surface area contributed by atoms with E-state index >= 15 is 0 Å². The van der Waals surface area contributed by atoms with Gasteiger partial charge in [0.25, 0.3) is 5.91 Å². The molecule has 0 saturated carbocycles. The zero-order valence-electron chi connectivity index (χ0n) is 10.2. The molecular formula is C13H14FN3O. The number of aromatic amines is 1. The molecule has 0 atom stereocenters. The molecule has 2 N–H and O–H groups in total. The molecule has 5 heteroatoms. The van der Waals surface area contributed by atoms with E-state index < -0.39 is 0 Å². The number of rotatable bonds is 3. The second-order valence-corrected chi connectivity index (χ2v) is 4.20. The average molecular weight is 247 g/mol. The molecule has 94 valence electrons. The van der Waals surface area contributed by atoms with E-state index in [9.17, 15) is 9.18 Å². The second-order valence-electron chi connectivity index (χ2n) is 4.20. The molecule has 0 aliphatic rings. The van der Waals surface area contributed by atoms with Gasteiger partial charge in [-0.15, -0.1) is 0 Å². The Labute approximate surface area is 104 Å². The molecule has 0 saturated heterocycles. The van der Waals surface area contributed by atoms with Crippen LogP contribution in [0.15, 0.2) is 24.3 Å². The fourth-order valence-corrected chi connectivity index (χ4v) is 1.62. The van der Waals surface area contributed by atoms with Gasteiger partial charge < -0.3 is 5.32 Å². The SMILES string of the molecule is Cc1cc(C(=O)NCc2ccc(F)c(C)c2)n[nH]1. The van der Waals surface area contributed by atoms with Crippen LogP contribution in [0.5, 0.6) is 0 Å². The lowest BCUT2D eigenvalue weighted by Crippen LogP contribution is -2.23. The van der Waals surface area contributed by atoms with Gasteiger partial charge in [-0.3, -0.25) is 9.89 Å². The minimum Gasteiger partial charge on any atom is -0.347 e. The Hall–Kier alpha value is -2.17. The molecular weight excluding hydrogens is 233 g/mol. The summed E-state index contributed by atoms with van der Waals surface area (Å²) in [6.45, 7) is 3.87. The minimum atomic E-state index is -0.249. The molecule has 4 nitrogen and oxygen atoms in total. The number of amides is 1. The zero-order valence-corrected chi connectivity index (χ0v) is 10.2. The molecule has 1 aromatic heterocycles. The van der Waals surface area contributed by atoms with Crippen LogP contribution in [0.2, 0.25) is 0 Å². The Kier molecular flexibility index (Phi) is 3.41. The van der Waals surface area contributed by atoms with Crippen molar-refractivity contribution in [2.24, 2.45) is 0 Å². The normalized spacial score (nSPS) is 10.4. The van der Waals surface area contributed by atoms with Gasteiger partial charge in [-0.1, -0.05) is 12.1 Å². The van der Waals surface area contributed by atoms with Gasteiger partial charge in [0.15, 0.2) is 0 Å². The highest BCUT2D eigenvalue weighted by atomic mass is 19.1. The maximum Gasteiger partial charge on any atom is 0.272 e. The van der Waals surface area contributed by atoms with Gasteiger partial charge >= 0.3 is 0 Å². The quantitative estimate of drug-likeness (QED) is 0.872. The molecule has 0 unspecified atom stereocenters. The predicted molar refractivity (Wildman–Crippen MR) is 65.6 cm³/mol. The highest BCUT2D eigenvalue weighted by Gasteiger charge is 2.08. The van der Waals surface area contributed by atoms with Crippen LogP contribution in [0.3, 0.4) is 0 Å². The van der Waals surface area contributed by atoms with Crippen molar-refractivity contribution in [2.45, 2.75) is 20.4 Å². The van der Waals surface area contributed by atoms with Crippen molar-refractivity contribution in [3.63, 3.8) is 0 Å². The fourth-order valence-electron chi connectivity index (χ4n) is 1.62. The lowest BCUT2D eigenvalue weighted by Gasteiger charge is -2.05. The molecule has 2 rings (SSSR count). The van der Waals surface area contributed by atoms with Crippen molar-refractivity contribution in [1.82, 2.24) is 15.5 Å². The zero-order chi connectivity index (χ0) is 13.1. The first-order chi connectivity index (χ1) is 8.56. The summed E-state index contributed by atoms with van der Waals surface area (Å²) in [6.07, 6.45) is 0. The third-order valence-electron chi connectivity index (χ3n) is 2.61.